The molecule has 0 spiro atoms. The second kappa shape index (κ2) is 8.48. The lowest BCUT2D eigenvalue weighted by Crippen LogP contribution is -2.26. The average molecular weight is 319 g/mol. The fraction of sp³-hybridized carbons (Fsp3) is 0.375. The zero-order valence-corrected chi connectivity index (χ0v) is 13.7. The molecule has 0 aliphatic carbocycles. The highest BCUT2D eigenvalue weighted by Crippen LogP contribution is 2.22. The molecule has 0 bridgehead atoms. The van der Waals surface area contributed by atoms with Gasteiger partial charge in [0.1, 0.15) is 5.75 Å². The number of ether oxygens (including phenoxy) is 1. The molecule has 118 valence electrons. The number of carbonyl (C=O) groups excluding carboxylic acids is 1. The van der Waals surface area contributed by atoms with Crippen LogP contribution in [0.3, 0.4) is 0 Å². The first-order chi connectivity index (χ1) is 10.7. The maximum atomic E-state index is 11.8. The number of methoxy groups -OCH3 is 1. The third-order valence-electron chi connectivity index (χ3n) is 3.12. The Bertz CT molecular complexity index is 613. The molecule has 0 saturated carbocycles. The van der Waals surface area contributed by atoms with E-state index in [9.17, 15) is 4.79 Å². The summed E-state index contributed by atoms with van der Waals surface area (Å²) in [5.74, 6) is 1.20. The number of hydrogen-bond acceptors (Lipinski definition) is 4. The van der Waals surface area contributed by atoms with Gasteiger partial charge in [-0.3, -0.25) is 9.36 Å². The molecular formula is C16H21N3O2S. The molecular weight excluding hydrogens is 298 g/mol. The molecule has 0 saturated heterocycles. The van der Waals surface area contributed by atoms with E-state index in [1.807, 2.05) is 35.0 Å². The topological polar surface area (TPSA) is 56.2 Å². The number of amides is 1. The van der Waals surface area contributed by atoms with Gasteiger partial charge in [-0.05, 0) is 18.6 Å². The number of carbonyl (C=O) groups is 1. The summed E-state index contributed by atoms with van der Waals surface area (Å²) in [6.45, 7) is 2.84. The number of benzene rings is 1. The van der Waals surface area contributed by atoms with Crippen LogP contribution < -0.4 is 10.1 Å². The predicted octanol–water partition coefficient (Wildman–Crippen LogP) is 2.89. The van der Waals surface area contributed by atoms with E-state index in [1.54, 1.807) is 13.3 Å². The fourth-order valence-electron chi connectivity index (χ4n) is 1.94. The Balaban J connectivity index is 1.99. The molecule has 0 radical (unpaired) electrons. The third-order valence-corrected chi connectivity index (χ3v) is 4.09. The molecule has 1 aromatic carbocycles. The Morgan fingerprint density at radius 1 is 1.45 bits per heavy atom. The molecule has 1 N–H and O–H groups in total. The van der Waals surface area contributed by atoms with Crippen molar-refractivity contribution in [1.82, 2.24) is 14.9 Å². The number of nitrogens with zero attached hydrogens (tertiary/aromatic N) is 2. The minimum absolute atomic E-state index is 0.0404. The fourth-order valence-corrected chi connectivity index (χ4v) is 2.74. The van der Waals surface area contributed by atoms with E-state index in [4.69, 9.17) is 4.74 Å². The van der Waals surface area contributed by atoms with Gasteiger partial charge in [-0.1, -0.05) is 31.2 Å². The minimum atomic E-state index is 0.0404. The van der Waals surface area contributed by atoms with E-state index in [2.05, 4.69) is 17.2 Å². The number of hydrogen-bond donors (Lipinski definition) is 1. The van der Waals surface area contributed by atoms with Gasteiger partial charge in [0.2, 0.25) is 5.91 Å². The molecule has 1 amide bonds. The normalized spacial score (nSPS) is 10.5. The van der Waals surface area contributed by atoms with E-state index in [0.717, 1.165) is 36.0 Å². The van der Waals surface area contributed by atoms with Crippen molar-refractivity contribution in [2.24, 2.45) is 0 Å². The van der Waals surface area contributed by atoms with Gasteiger partial charge in [-0.2, -0.15) is 0 Å². The van der Waals surface area contributed by atoms with Crippen molar-refractivity contribution in [2.75, 3.05) is 19.4 Å². The summed E-state index contributed by atoms with van der Waals surface area (Å²) < 4.78 is 7.19. The maximum Gasteiger partial charge on any atom is 0.230 e. The van der Waals surface area contributed by atoms with Gasteiger partial charge in [0.15, 0.2) is 5.16 Å². The van der Waals surface area contributed by atoms with Gasteiger partial charge < -0.3 is 10.1 Å². The first kappa shape index (κ1) is 16.4. The monoisotopic (exact) mass is 319 g/mol. The highest BCUT2D eigenvalue weighted by atomic mass is 32.2. The summed E-state index contributed by atoms with van der Waals surface area (Å²) >= 11 is 1.43. The van der Waals surface area contributed by atoms with Crippen LogP contribution in [-0.2, 0) is 4.79 Å². The molecule has 2 aromatic rings. The average Bonchev–Trinajstić information content (AvgIpc) is 3.02. The van der Waals surface area contributed by atoms with Crippen LogP contribution in [0.4, 0.5) is 0 Å². The van der Waals surface area contributed by atoms with Gasteiger partial charge in [-0.15, -0.1) is 0 Å². The SMILES string of the molecule is CCCCNC(=O)CSc1nccn1-c1cccc(OC)c1. The second-order valence-corrected chi connectivity index (χ2v) is 5.72. The standard InChI is InChI=1S/C16H21N3O2S/c1-3-4-8-17-15(20)12-22-16-18-9-10-19(16)13-6-5-7-14(11-13)21-2/h5-7,9-11H,3-4,8,12H2,1-2H3,(H,17,20). The van der Waals surface area contributed by atoms with Crippen molar-refractivity contribution in [3.8, 4) is 11.4 Å². The van der Waals surface area contributed by atoms with Crippen molar-refractivity contribution in [2.45, 2.75) is 24.9 Å². The lowest BCUT2D eigenvalue weighted by Gasteiger charge is -2.09. The molecule has 6 heteroatoms. The lowest BCUT2D eigenvalue weighted by atomic mass is 10.3. The molecule has 5 nitrogen and oxygen atoms in total. The van der Waals surface area contributed by atoms with Crippen LogP contribution in [0.15, 0.2) is 41.8 Å². The molecule has 0 aliphatic heterocycles. The number of aromatic nitrogens is 2. The number of imidazole rings is 1. The van der Waals surface area contributed by atoms with Crippen LogP contribution >= 0.6 is 11.8 Å². The molecule has 2 rings (SSSR count). The zero-order chi connectivity index (χ0) is 15.8. The van der Waals surface area contributed by atoms with Gasteiger partial charge in [0, 0.05) is 25.0 Å². The van der Waals surface area contributed by atoms with Crippen LogP contribution in [0.1, 0.15) is 19.8 Å². The molecule has 1 aromatic heterocycles. The van der Waals surface area contributed by atoms with E-state index < -0.39 is 0 Å². The van der Waals surface area contributed by atoms with Gasteiger partial charge in [0.25, 0.3) is 0 Å². The Morgan fingerprint density at radius 3 is 3.09 bits per heavy atom. The largest absolute Gasteiger partial charge is 0.497 e. The van der Waals surface area contributed by atoms with E-state index >= 15 is 0 Å². The summed E-state index contributed by atoms with van der Waals surface area (Å²) in [5.41, 5.74) is 0.964. The Hall–Kier alpha value is -1.95. The summed E-state index contributed by atoms with van der Waals surface area (Å²) in [6, 6.07) is 7.75. The van der Waals surface area contributed by atoms with Crippen molar-refractivity contribution in [1.29, 1.82) is 0 Å². The Morgan fingerprint density at radius 2 is 2.32 bits per heavy atom. The number of nitrogens with one attached hydrogen (secondary N) is 1. The summed E-state index contributed by atoms with van der Waals surface area (Å²) in [7, 11) is 1.64. The van der Waals surface area contributed by atoms with Crippen molar-refractivity contribution in [3.63, 3.8) is 0 Å². The number of thioether (sulfide) groups is 1. The Kier molecular flexibility index (Phi) is 6.33. The van der Waals surface area contributed by atoms with Gasteiger partial charge >= 0.3 is 0 Å². The summed E-state index contributed by atoms with van der Waals surface area (Å²) in [5, 5.41) is 3.70. The second-order valence-electron chi connectivity index (χ2n) is 4.77. The van der Waals surface area contributed by atoms with Gasteiger partial charge in [0.05, 0.1) is 18.6 Å². The number of rotatable bonds is 8. The molecule has 0 fully saturated rings. The highest BCUT2D eigenvalue weighted by Gasteiger charge is 2.09. The molecule has 0 atom stereocenters. The molecule has 22 heavy (non-hydrogen) atoms. The van der Waals surface area contributed by atoms with Crippen molar-refractivity contribution in [3.05, 3.63) is 36.7 Å². The minimum Gasteiger partial charge on any atom is -0.497 e. The Labute approximate surface area is 135 Å². The molecule has 0 aliphatic rings. The molecule has 0 unspecified atom stereocenters. The first-order valence-corrected chi connectivity index (χ1v) is 8.30. The van der Waals surface area contributed by atoms with E-state index in [1.165, 1.54) is 11.8 Å². The predicted molar refractivity (Wildman–Crippen MR) is 88.8 cm³/mol. The molecule has 1 heterocycles. The van der Waals surface area contributed by atoms with Crippen molar-refractivity contribution >= 4 is 17.7 Å². The van der Waals surface area contributed by atoms with Gasteiger partial charge in [-0.25, -0.2) is 4.98 Å². The van der Waals surface area contributed by atoms with Crippen LogP contribution in [0, 0.1) is 0 Å². The van der Waals surface area contributed by atoms with E-state index in [-0.39, 0.29) is 5.91 Å². The van der Waals surface area contributed by atoms with Crippen LogP contribution in [0.5, 0.6) is 5.75 Å². The smallest absolute Gasteiger partial charge is 0.230 e. The van der Waals surface area contributed by atoms with Crippen LogP contribution in [-0.4, -0.2) is 34.9 Å². The van der Waals surface area contributed by atoms with E-state index in [0.29, 0.717) is 5.75 Å². The number of unbranched alkanes of at least 4 members (excludes halogenated alkanes) is 1. The maximum absolute atomic E-state index is 11.8. The summed E-state index contributed by atoms with van der Waals surface area (Å²) in [6.07, 6.45) is 5.70. The summed E-state index contributed by atoms with van der Waals surface area (Å²) in [4.78, 5) is 16.1. The van der Waals surface area contributed by atoms with Crippen molar-refractivity contribution < 1.29 is 9.53 Å². The highest BCUT2D eigenvalue weighted by molar-refractivity contribution is 7.99. The first-order valence-electron chi connectivity index (χ1n) is 7.32. The lowest BCUT2D eigenvalue weighted by molar-refractivity contribution is -0.118. The third kappa shape index (κ3) is 4.53. The zero-order valence-electron chi connectivity index (χ0n) is 12.9. The van der Waals surface area contributed by atoms with Crippen LogP contribution in [0.25, 0.3) is 5.69 Å². The quantitative estimate of drug-likeness (QED) is 0.600. The van der Waals surface area contributed by atoms with Crippen LogP contribution in [0.2, 0.25) is 0 Å².